The third-order valence-electron chi connectivity index (χ3n) is 2.82. The third-order valence-corrected chi connectivity index (χ3v) is 2.82. The van der Waals surface area contributed by atoms with Gasteiger partial charge in [0.2, 0.25) is 0 Å². The number of aromatic hydroxyl groups is 1. The molecule has 0 atom stereocenters. The summed E-state index contributed by atoms with van der Waals surface area (Å²) in [6, 6.07) is 7.28. The number of nitrogens with zero attached hydrogens (tertiary/aromatic N) is 2. The van der Waals surface area contributed by atoms with Crippen molar-refractivity contribution in [2.24, 2.45) is 0 Å². The summed E-state index contributed by atoms with van der Waals surface area (Å²) in [5.74, 6) is 1.11. The summed E-state index contributed by atoms with van der Waals surface area (Å²) in [4.78, 5) is 6.49. The molecule has 2 N–H and O–H groups in total. The number of fused-ring (bicyclic) bond motifs is 1. The van der Waals surface area contributed by atoms with E-state index in [0.717, 1.165) is 36.1 Å². The van der Waals surface area contributed by atoms with Crippen LogP contribution in [0.5, 0.6) is 5.75 Å². The van der Waals surface area contributed by atoms with E-state index < -0.39 is 0 Å². The fraction of sp³-hybridized carbons (Fsp3) is 0.357. The first-order valence-corrected chi connectivity index (χ1v) is 6.13. The Balaban J connectivity index is 2.10. The predicted molar refractivity (Wildman–Crippen MR) is 75.1 cm³/mol. The molecule has 0 aliphatic rings. The number of hydrogen-bond donors (Lipinski definition) is 2. The molecule has 0 saturated carbocycles. The van der Waals surface area contributed by atoms with E-state index in [4.69, 9.17) is 0 Å². The van der Waals surface area contributed by atoms with Gasteiger partial charge in [0.15, 0.2) is 0 Å². The van der Waals surface area contributed by atoms with Crippen LogP contribution in [0.2, 0.25) is 0 Å². The fourth-order valence-corrected chi connectivity index (χ4v) is 1.90. The number of benzene rings is 1. The van der Waals surface area contributed by atoms with Gasteiger partial charge in [-0.05, 0) is 50.6 Å². The lowest BCUT2D eigenvalue weighted by atomic mass is 10.1. The molecule has 0 aliphatic heterocycles. The number of phenols is 1. The molecule has 0 radical (unpaired) electrons. The molecule has 2 rings (SSSR count). The van der Waals surface area contributed by atoms with Crippen LogP contribution in [-0.4, -0.2) is 42.2 Å². The van der Waals surface area contributed by atoms with Crippen molar-refractivity contribution in [1.29, 1.82) is 0 Å². The summed E-state index contributed by atoms with van der Waals surface area (Å²) in [5, 5.41) is 14.9. The lowest BCUT2D eigenvalue weighted by Gasteiger charge is -2.11. The van der Waals surface area contributed by atoms with Crippen LogP contribution in [0.25, 0.3) is 10.8 Å². The molecule has 0 aliphatic carbocycles. The number of hydrogen-bond acceptors (Lipinski definition) is 4. The van der Waals surface area contributed by atoms with E-state index in [0.29, 0.717) is 0 Å². The van der Waals surface area contributed by atoms with Gasteiger partial charge >= 0.3 is 0 Å². The standard InChI is InChI=1S/C14H19N3O/c1-17(2)9-3-7-15-14-13-10-12(18)5-4-11(13)6-8-16-14/h4-6,8,10,18H,3,7,9H2,1-2H3,(H,15,16). The van der Waals surface area contributed by atoms with E-state index in [1.807, 2.05) is 12.1 Å². The molecule has 2 aromatic rings. The van der Waals surface area contributed by atoms with Gasteiger partial charge in [-0.2, -0.15) is 0 Å². The molecule has 1 heterocycles. The molecule has 4 heteroatoms. The number of aromatic nitrogens is 1. The van der Waals surface area contributed by atoms with Gasteiger partial charge < -0.3 is 15.3 Å². The molecule has 0 bridgehead atoms. The summed E-state index contributed by atoms with van der Waals surface area (Å²) < 4.78 is 0. The zero-order valence-corrected chi connectivity index (χ0v) is 10.8. The van der Waals surface area contributed by atoms with E-state index >= 15 is 0 Å². The van der Waals surface area contributed by atoms with Crippen molar-refractivity contribution in [3.8, 4) is 5.75 Å². The fourth-order valence-electron chi connectivity index (χ4n) is 1.90. The molecule has 4 nitrogen and oxygen atoms in total. The molecule has 1 aromatic heterocycles. The Morgan fingerprint density at radius 1 is 1.28 bits per heavy atom. The van der Waals surface area contributed by atoms with Crippen LogP contribution in [0.1, 0.15) is 6.42 Å². The van der Waals surface area contributed by atoms with Crippen LogP contribution in [0, 0.1) is 0 Å². The lowest BCUT2D eigenvalue weighted by molar-refractivity contribution is 0.405. The Labute approximate surface area is 107 Å². The second-order valence-corrected chi connectivity index (χ2v) is 4.65. The van der Waals surface area contributed by atoms with Crippen molar-refractivity contribution in [3.05, 3.63) is 30.5 Å². The molecule has 0 saturated heterocycles. The van der Waals surface area contributed by atoms with Crippen molar-refractivity contribution in [2.45, 2.75) is 6.42 Å². The lowest BCUT2D eigenvalue weighted by Crippen LogP contribution is -2.16. The van der Waals surface area contributed by atoms with Crippen molar-refractivity contribution in [2.75, 3.05) is 32.5 Å². The Kier molecular flexibility index (Phi) is 3.99. The highest BCUT2D eigenvalue weighted by atomic mass is 16.3. The topological polar surface area (TPSA) is 48.4 Å². The van der Waals surface area contributed by atoms with Gasteiger partial charge in [0.1, 0.15) is 11.6 Å². The zero-order valence-electron chi connectivity index (χ0n) is 10.8. The predicted octanol–water partition coefficient (Wildman–Crippen LogP) is 2.30. The summed E-state index contributed by atoms with van der Waals surface area (Å²) in [5.41, 5.74) is 0. The largest absolute Gasteiger partial charge is 0.508 e. The Morgan fingerprint density at radius 3 is 2.89 bits per heavy atom. The van der Waals surface area contributed by atoms with Crippen molar-refractivity contribution in [3.63, 3.8) is 0 Å². The van der Waals surface area contributed by atoms with Crippen LogP contribution < -0.4 is 5.32 Å². The van der Waals surface area contributed by atoms with E-state index in [2.05, 4.69) is 29.3 Å². The smallest absolute Gasteiger partial charge is 0.133 e. The second kappa shape index (κ2) is 5.69. The zero-order chi connectivity index (χ0) is 13.0. The maximum Gasteiger partial charge on any atom is 0.133 e. The summed E-state index contributed by atoms with van der Waals surface area (Å²) in [6.45, 7) is 1.92. The minimum Gasteiger partial charge on any atom is -0.508 e. The Bertz CT molecular complexity index is 525. The second-order valence-electron chi connectivity index (χ2n) is 4.65. The minimum absolute atomic E-state index is 0.270. The van der Waals surface area contributed by atoms with Gasteiger partial charge in [-0.1, -0.05) is 6.07 Å². The number of anilines is 1. The van der Waals surface area contributed by atoms with Crippen LogP contribution in [0.3, 0.4) is 0 Å². The van der Waals surface area contributed by atoms with Crippen LogP contribution >= 0.6 is 0 Å². The molecule has 0 amide bonds. The van der Waals surface area contributed by atoms with Crippen molar-refractivity contribution >= 4 is 16.6 Å². The van der Waals surface area contributed by atoms with E-state index in [9.17, 15) is 5.11 Å². The van der Waals surface area contributed by atoms with Crippen LogP contribution in [0.15, 0.2) is 30.5 Å². The summed E-state index contributed by atoms with van der Waals surface area (Å²) in [6.07, 6.45) is 2.84. The highest BCUT2D eigenvalue weighted by Crippen LogP contribution is 2.24. The highest BCUT2D eigenvalue weighted by Gasteiger charge is 2.02. The molecular weight excluding hydrogens is 226 g/mol. The average Bonchev–Trinajstić information content (AvgIpc) is 2.34. The molecule has 0 spiro atoms. The molecule has 1 aromatic carbocycles. The first-order chi connectivity index (χ1) is 8.66. The van der Waals surface area contributed by atoms with Gasteiger partial charge in [-0.3, -0.25) is 0 Å². The molecule has 96 valence electrons. The monoisotopic (exact) mass is 245 g/mol. The van der Waals surface area contributed by atoms with Crippen LogP contribution in [0.4, 0.5) is 5.82 Å². The summed E-state index contributed by atoms with van der Waals surface area (Å²) >= 11 is 0. The van der Waals surface area contributed by atoms with Gasteiger partial charge in [-0.15, -0.1) is 0 Å². The maximum absolute atomic E-state index is 9.54. The van der Waals surface area contributed by atoms with Gasteiger partial charge in [-0.25, -0.2) is 4.98 Å². The Morgan fingerprint density at radius 2 is 2.11 bits per heavy atom. The van der Waals surface area contributed by atoms with Crippen molar-refractivity contribution < 1.29 is 5.11 Å². The first-order valence-electron chi connectivity index (χ1n) is 6.13. The first kappa shape index (κ1) is 12.6. The van der Waals surface area contributed by atoms with Gasteiger partial charge in [0.05, 0.1) is 0 Å². The summed E-state index contributed by atoms with van der Waals surface area (Å²) in [7, 11) is 4.13. The maximum atomic E-state index is 9.54. The molecule has 0 unspecified atom stereocenters. The number of rotatable bonds is 5. The van der Waals surface area contributed by atoms with E-state index in [1.54, 1.807) is 18.3 Å². The van der Waals surface area contributed by atoms with Crippen molar-refractivity contribution in [1.82, 2.24) is 9.88 Å². The third kappa shape index (κ3) is 3.11. The average molecular weight is 245 g/mol. The Hall–Kier alpha value is -1.81. The molecule has 18 heavy (non-hydrogen) atoms. The molecule has 0 fully saturated rings. The number of pyridine rings is 1. The number of nitrogens with one attached hydrogen (secondary N) is 1. The number of phenolic OH excluding ortho intramolecular Hbond substituents is 1. The van der Waals surface area contributed by atoms with E-state index in [1.165, 1.54) is 0 Å². The normalized spacial score (nSPS) is 11.1. The van der Waals surface area contributed by atoms with Crippen LogP contribution in [-0.2, 0) is 0 Å². The van der Waals surface area contributed by atoms with E-state index in [-0.39, 0.29) is 5.75 Å². The minimum atomic E-state index is 0.270. The molecular formula is C14H19N3O. The SMILES string of the molecule is CN(C)CCCNc1nccc2ccc(O)cc12. The highest BCUT2D eigenvalue weighted by molar-refractivity contribution is 5.92. The van der Waals surface area contributed by atoms with Gasteiger partial charge in [0.25, 0.3) is 0 Å². The van der Waals surface area contributed by atoms with Gasteiger partial charge in [0, 0.05) is 18.1 Å². The quantitative estimate of drug-likeness (QED) is 0.794.